The molecule has 0 heterocycles. The van der Waals surface area contributed by atoms with E-state index in [-0.39, 0.29) is 5.92 Å². The predicted octanol–water partition coefficient (Wildman–Crippen LogP) is 0.0701. The zero-order chi connectivity index (χ0) is 9.14. The van der Waals surface area contributed by atoms with Gasteiger partial charge >= 0.3 is 5.97 Å². The summed E-state index contributed by atoms with van der Waals surface area (Å²) < 4.78 is 4.51. The Kier molecular flexibility index (Phi) is 2.66. The summed E-state index contributed by atoms with van der Waals surface area (Å²) in [5.41, 5.74) is 0. The van der Waals surface area contributed by atoms with Gasteiger partial charge in [0.05, 0.1) is 31.1 Å². The normalized spacial score (nSPS) is 34.2. The van der Waals surface area contributed by atoms with E-state index in [0.717, 1.165) is 0 Å². The van der Waals surface area contributed by atoms with Crippen molar-refractivity contribution in [1.82, 2.24) is 0 Å². The Labute approximate surface area is 70.7 Å². The number of aliphatic hydroxyl groups is 1. The largest absolute Gasteiger partial charge is 0.469 e. The molecule has 1 N–H and O–H groups in total. The van der Waals surface area contributed by atoms with E-state index in [1.54, 1.807) is 0 Å². The van der Waals surface area contributed by atoms with Crippen LogP contribution in [0, 0.1) is 23.2 Å². The smallest absolute Gasteiger partial charge is 0.310 e. The van der Waals surface area contributed by atoms with Crippen LogP contribution in [0.3, 0.4) is 0 Å². The van der Waals surface area contributed by atoms with Crippen LogP contribution in [-0.2, 0) is 9.53 Å². The third kappa shape index (κ3) is 1.56. The number of aliphatic hydroxyl groups excluding tert-OH is 1. The van der Waals surface area contributed by atoms with Crippen LogP contribution in [0.1, 0.15) is 12.8 Å². The summed E-state index contributed by atoms with van der Waals surface area (Å²) in [7, 11) is 1.29. The zero-order valence-corrected chi connectivity index (χ0v) is 6.86. The van der Waals surface area contributed by atoms with Gasteiger partial charge in [0.2, 0.25) is 0 Å². The molecule has 0 spiro atoms. The lowest BCUT2D eigenvalue weighted by atomic mass is 9.98. The van der Waals surface area contributed by atoms with Crippen molar-refractivity contribution in [3.05, 3.63) is 0 Å². The van der Waals surface area contributed by atoms with E-state index < -0.39 is 18.0 Å². The fourth-order valence-corrected chi connectivity index (χ4v) is 1.57. The van der Waals surface area contributed by atoms with Crippen molar-refractivity contribution in [1.29, 1.82) is 5.26 Å². The number of nitriles is 1. The fourth-order valence-electron chi connectivity index (χ4n) is 1.57. The van der Waals surface area contributed by atoms with Gasteiger partial charge in [-0.2, -0.15) is 5.26 Å². The third-order valence-electron chi connectivity index (χ3n) is 2.21. The maximum Gasteiger partial charge on any atom is 0.310 e. The van der Waals surface area contributed by atoms with Crippen molar-refractivity contribution in [2.45, 2.75) is 18.9 Å². The van der Waals surface area contributed by atoms with Gasteiger partial charge in [0, 0.05) is 0 Å². The Hall–Kier alpha value is -1.08. The number of carbonyl (C=O) groups is 1. The Morgan fingerprint density at radius 3 is 2.83 bits per heavy atom. The monoisotopic (exact) mass is 169 g/mol. The first-order valence-electron chi connectivity index (χ1n) is 3.84. The first kappa shape index (κ1) is 9.01. The summed E-state index contributed by atoms with van der Waals surface area (Å²) >= 11 is 0. The average Bonchev–Trinajstić information content (AvgIpc) is 2.45. The minimum Gasteiger partial charge on any atom is -0.469 e. The van der Waals surface area contributed by atoms with Gasteiger partial charge in [0.25, 0.3) is 0 Å². The molecule has 3 atom stereocenters. The second-order valence-electron chi connectivity index (χ2n) is 2.99. The lowest BCUT2D eigenvalue weighted by Crippen LogP contribution is -2.19. The Morgan fingerprint density at radius 1 is 1.67 bits per heavy atom. The zero-order valence-electron chi connectivity index (χ0n) is 6.86. The Bertz CT molecular complexity index is 221. The van der Waals surface area contributed by atoms with Crippen molar-refractivity contribution in [3.63, 3.8) is 0 Å². The van der Waals surface area contributed by atoms with Crippen LogP contribution >= 0.6 is 0 Å². The number of hydrogen-bond acceptors (Lipinski definition) is 4. The highest BCUT2D eigenvalue weighted by molar-refractivity contribution is 5.73. The van der Waals surface area contributed by atoms with Gasteiger partial charge in [-0.05, 0) is 12.8 Å². The van der Waals surface area contributed by atoms with Gasteiger partial charge in [-0.3, -0.25) is 4.79 Å². The Balaban J connectivity index is 2.65. The van der Waals surface area contributed by atoms with Crippen LogP contribution < -0.4 is 0 Å². The summed E-state index contributed by atoms with van der Waals surface area (Å²) in [5, 5.41) is 17.8. The number of hydrogen-bond donors (Lipinski definition) is 1. The van der Waals surface area contributed by atoms with Crippen LogP contribution in [0.25, 0.3) is 0 Å². The lowest BCUT2D eigenvalue weighted by molar-refractivity contribution is -0.146. The molecule has 0 radical (unpaired) electrons. The number of ether oxygens (including phenoxy) is 1. The molecular weight excluding hydrogens is 158 g/mol. The summed E-state index contributed by atoms with van der Waals surface area (Å²) in [4.78, 5) is 11.0. The van der Waals surface area contributed by atoms with E-state index in [9.17, 15) is 9.90 Å². The number of nitrogens with zero attached hydrogens (tertiary/aromatic N) is 1. The van der Waals surface area contributed by atoms with Gasteiger partial charge in [-0.25, -0.2) is 0 Å². The number of methoxy groups -OCH3 is 1. The molecule has 0 amide bonds. The lowest BCUT2D eigenvalue weighted by Gasteiger charge is -2.08. The molecule has 1 aliphatic rings. The van der Waals surface area contributed by atoms with Gasteiger partial charge in [0.1, 0.15) is 0 Å². The highest BCUT2D eigenvalue weighted by Gasteiger charge is 2.38. The third-order valence-corrected chi connectivity index (χ3v) is 2.21. The van der Waals surface area contributed by atoms with Gasteiger partial charge in [-0.15, -0.1) is 0 Å². The minimum absolute atomic E-state index is 0.352. The van der Waals surface area contributed by atoms with Crippen molar-refractivity contribution >= 4 is 5.97 Å². The van der Waals surface area contributed by atoms with E-state index in [4.69, 9.17) is 5.26 Å². The van der Waals surface area contributed by atoms with Crippen LogP contribution in [0.15, 0.2) is 0 Å². The molecule has 0 aromatic carbocycles. The molecule has 66 valence electrons. The number of rotatable bonds is 1. The van der Waals surface area contributed by atoms with Crippen LogP contribution in [0.5, 0.6) is 0 Å². The summed E-state index contributed by atoms with van der Waals surface area (Å²) in [6.07, 6.45) is 0.208. The van der Waals surface area contributed by atoms with Gasteiger partial charge in [-0.1, -0.05) is 0 Å². The maximum absolute atomic E-state index is 11.0. The molecule has 0 aromatic heterocycles. The minimum atomic E-state index is -0.529. The predicted molar refractivity (Wildman–Crippen MR) is 39.8 cm³/mol. The van der Waals surface area contributed by atoms with Gasteiger partial charge < -0.3 is 9.84 Å². The molecule has 0 aliphatic heterocycles. The Morgan fingerprint density at radius 2 is 2.33 bits per heavy atom. The molecular formula is C8H11NO3. The van der Waals surface area contributed by atoms with Crippen LogP contribution in [-0.4, -0.2) is 24.3 Å². The van der Waals surface area contributed by atoms with Crippen LogP contribution in [0.4, 0.5) is 0 Å². The second kappa shape index (κ2) is 3.55. The molecule has 1 rings (SSSR count). The first-order chi connectivity index (χ1) is 5.69. The van der Waals surface area contributed by atoms with E-state index in [2.05, 4.69) is 4.74 Å². The van der Waals surface area contributed by atoms with E-state index in [0.29, 0.717) is 12.8 Å². The number of esters is 1. The second-order valence-corrected chi connectivity index (χ2v) is 2.99. The average molecular weight is 169 g/mol. The van der Waals surface area contributed by atoms with Gasteiger partial charge in [0.15, 0.2) is 0 Å². The van der Waals surface area contributed by atoms with E-state index in [1.807, 2.05) is 6.07 Å². The molecule has 1 saturated carbocycles. The fraction of sp³-hybridized carbons (Fsp3) is 0.750. The van der Waals surface area contributed by atoms with E-state index in [1.165, 1.54) is 7.11 Å². The molecule has 0 aromatic rings. The maximum atomic E-state index is 11.0. The first-order valence-corrected chi connectivity index (χ1v) is 3.84. The van der Waals surface area contributed by atoms with Crippen molar-refractivity contribution in [3.8, 4) is 6.07 Å². The highest BCUT2D eigenvalue weighted by atomic mass is 16.5. The summed E-state index contributed by atoms with van der Waals surface area (Å²) in [6.45, 7) is 0. The summed E-state index contributed by atoms with van der Waals surface area (Å²) in [5.74, 6) is -1.21. The molecule has 4 heteroatoms. The van der Waals surface area contributed by atoms with Crippen LogP contribution in [0.2, 0.25) is 0 Å². The number of carbonyl (C=O) groups excluding carboxylic acids is 1. The topological polar surface area (TPSA) is 70.3 Å². The molecule has 4 nitrogen and oxygen atoms in total. The van der Waals surface area contributed by atoms with E-state index >= 15 is 0 Å². The highest BCUT2D eigenvalue weighted by Crippen LogP contribution is 2.32. The molecule has 3 unspecified atom stereocenters. The molecule has 1 aliphatic carbocycles. The summed E-state index contributed by atoms with van der Waals surface area (Å²) in [6, 6.07) is 2.00. The quantitative estimate of drug-likeness (QED) is 0.564. The molecule has 0 bridgehead atoms. The van der Waals surface area contributed by atoms with Crippen molar-refractivity contribution in [2.24, 2.45) is 11.8 Å². The molecule has 0 saturated heterocycles. The van der Waals surface area contributed by atoms with Crippen molar-refractivity contribution < 1.29 is 14.6 Å². The standard InChI is InChI=1S/C8H11NO3/c1-12-8(11)7-3-6(10)2-5(7)4-9/h5-7,10H,2-3H2,1H3. The molecule has 12 heavy (non-hydrogen) atoms. The SMILES string of the molecule is COC(=O)C1CC(O)CC1C#N. The molecule has 1 fully saturated rings. The van der Waals surface area contributed by atoms with Crippen molar-refractivity contribution in [2.75, 3.05) is 7.11 Å².